The molecule has 5 heteroatoms. The molecule has 1 rings (SSSR count). The average Bonchev–Trinajstić information content (AvgIpc) is 2.18. The smallest absolute Gasteiger partial charge is 0.306 e. The summed E-state index contributed by atoms with van der Waals surface area (Å²) >= 11 is 1.85. The van der Waals surface area contributed by atoms with Crippen molar-refractivity contribution in [1.82, 2.24) is 4.90 Å². The monoisotopic (exact) mass is 233 g/mol. The first-order valence-electron chi connectivity index (χ1n) is 5.27. The summed E-state index contributed by atoms with van der Waals surface area (Å²) in [5, 5.41) is 8.66. The van der Waals surface area contributed by atoms with Gasteiger partial charge in [-0.15, -0.1) is 0 Å². The Labute approximate surface area is 95.0 Å². The van der Waals surface area contributed by atoms with Crippen LogP contribution in [0.2, 0.25) is 0 Å². The first kappa shape index (κ1) is 12.8. The number of thioether (sulfide) groups is 1. The molecule has 1 aliphatic heterocycles. The molecule has 1 unspecified atom stereocenters. The van der Waals surface area contributed by atoms with Gasteiger partial charge in [0.1, 0.15) is 0 Å². The van der Waals surface area contributed by atoms with Crippen molar-refractivity contribution in [1.29, 1.82) is 0 Å². The highest BCUT2D eigenvalue weighted by molar-refractivity contribution is 7.98. The Bertz CT molecular complexity index is 201. The fourth-order valence-electron chi connectivity index (χ4n) is 1.73. The minimum Gasteiger partial charge on any atom is -0.481 e. The fraction of sp³-hybridized carbons (Fsp3) is 0.900. The summed E-state index contributed by atoms with van der Waals surface area (Å²) in [6.07, 6.45) is 3.28. The van der Waals surface area contributed by atoms with Crippen LogP contribution in [0.1, 0.15) is 12.8 Å². The minimum atomic E-state index is -0.772. The predicted molar refractivity (Wildman–Crippen MR) is 61.4 cm³/mol. The van der Waals surface area contributed by atoms with Crippen LogP contribution in [0, 0.1) is 0 Å². The quantitative estimate of drug-likeness (QED) is 0.691. The highest BCUT2D eigenvalue weighted by Gasteiger charge is 2.21. The van der Waals surface area contributed by atoms with Crippen molar-refractivity contribution in [3.05, 3.63) is 0 Å². The van der Waals surface area contributed by atoms with E-state index < -0.39 is 5.97 Å². The van der Waals surface area contributed by atoms with Gasteiger partial charge in [0.15, 0.2) is 0 Å². The summed E-state index contributed by atoms with van der Waals surface area (Å²) in [6.45, 7) is 3.42. The summed E-state index contributed by atoms with van der Waals surface area (Å²) in [4.78, 5) is 12.8. The first-order chi connectivity index (χ1) is 7.22. The van der Waals surface area contributed by atoms with Gasteiger partial charge in [-0.25, -0.2) is 0 Å². The van der Waals surface area contributed by atoms with Gasteiger partial charge in [-0.05, 0) is 25.0 Å². The number of hydrogen-bond acceptors (Lipinski definition) is 4. The van der Waals surface area contributed by atoms with Crippen LogP contribution >= 0.6 is 11.8 Å². The number of aliphatic carboxylic acids is 1. The third-order valence-electron chi connectivity index (χ3n) is 2.45. The third kappa shape index (κ3) is 5.39. The average molecular weight is 233 g/mol. The van der Waals surface area contributed by atoms with Gasteiger partial charge in [0.05, 0.1) is 19.1 Å². The normalized spacial score (nSPS) is 22.9. The largest absolute Gasteiger partial charge is 0.481 e. The molecule has 0 aromatic carbocycles. The molecule has 0 aromatic rings. The highest BCUT2D eigenvalue weighted by Crippen LogP contribution is 2.09. The van der Waals surface area contributed by atoms with Crippen LogP contribution in [-0.4, -0.2) is 60.3 Å². The van der Waals surface area contributed by atoms with E-state index in [-0.39, 0.29) is 12.5 Å². The number of ether oxygens (including phenoxy) is 1. The van der Waals surface area contributed by atoms with E-state index in [1.54, 1.807) is 0 Å². The second kappa shape index (κ2) is 7.09. The Morgan fingerprint density at radius 1 is 1.67 bits per heavy atom. The van der Waals surface area contributed by atoms with E-state index in [2.05, 4.69) is 11.2 Å². The summed E-state index contributed by atoms with van der Waals surface area (Å²) in [6, 6.07) is 0. The van der Waals surface area contributed by atoms with Gasteiger partial charge in [-0.1, -0.05) is 0 Å². The van der Waals surface area contributed by atoms with Crippen molar-refractivity contribution < 1.29 is 14.6 Å². The van der Waals surface area contributed by atoms with E-state index in [1.165, 1.54) is 12.2 Å². The molecule has 1 aliphatic rings. The van der Waals surface area contributed by atoms with Gasteiger partial charge in [-0.3, -0.25) is 9.69 Å². The van der Waals surface area contributed by atoms with Crippen LogP contribution in [0.15, 0.2) is 0 Å². The molecule has 1 N–H and O–H groups in total. The van der Waals surface area contributed by atoms with Crippen molar-refractivity contribution in [3.8, 4) is 0 Å². The topological polar surface area (TPSA) is 49.8 Å². The van der Waals surface area contributed by atoms with Crippen LogP contribution in [0.25, 0.3) is 0 Å². The molecule has 88 valence electrons. The lowest BCUT2D eigenvalue weighted by atomic mass is 10.2. The second-order valence-corrected chi connectivity index (χ2v) is 4.72. The number of carbonyl (C=O) groups is 1. The zero-order valence-electron chi connectivity index (χ0n) is 9.15. The lowest BCUT2D eigenvalue weighted by Crippen LogP contribution is -2.43. The zero-order valence-corrected chi connectivity index (χ0v) is 9.96. The number of carboxylic acid groups (broad SMARTS) is 1. The van der Waals surface area contributed by atoms with E-state index in [0.29, 0.717) is 6.61 Å². The Morgan fingerprint density at radius 3 is 3.13 bits per heavy atom. The molecule has 15 heavy (non-hydrogen) atoms. The molecule has 1 fully saturated rings. The maximum atomic E-state index is 10.5. The molecule has 0 aliphatic carbocycles. The van der Waals surface area contributed by atoms with Crippen LogP contribution in [0.3, 0.4) is 0 Å². The lowest BCUT2D eigenvalue weighted by molar-refractivity contribution is -0.142. The van der Waals surface area contributed by atoms with Crippen molar-refractivity contribution in [3.63, 3.8) is 0 Å². The SMILES string of the molecule is CSCCCN1CCOC(CC(=O)O)C1. The van der Waals surface area contributed by atoms with Crippen LogP contribution in [-0.2, 0) is 9.53 Å². The van der Waals surface area contributed by atoms with E-state index >= 15 is 0 Å². The standard InChI is InChI=1S/C10H19NO3S/c1-15-6-2-3-11-4-5-14-9(8-11)7-10(12)13/h9H,2-8H2,1H3,(H,12,13). The van der Waals surface area contributed by atoms with Gasteiger partial charge in [0.25, 0.3) is 0 Å². The number of rotatable bonds is 6. The van der Waals surface area contributed by atoms with Crippen LogP contribution in [0.4, 0.5) is 0 Å². The summed E-state index contributed by atoms with van der Waals surface area (Å²) in [7, 11) is 0. The third-order valence-corrected chi connectivity index (χ3v) is 3.14. The van der Waals surface area contributed by atoms with Gasteiger partial charge in [-0.2, -0.15) is 11.8 Å². The number of carboxylic acids is 1. The van der Waals surface area contributed by atoms with Gasteiger partial charge in [0.2, 0.25) is 0 Å². The molecule has 0 bridgehead atoms. The van der Waals surface area contributed by atoms with Crippen LogP contribution in [0.5, 0.6) is 0 Å². The Morgan fingerprint density at radius 2 is 2.47 bits per heavy atom. The molecule has 0 radical (unpaired) electrons. The summed E-state index contributed by atoms with van der Waals surface area (Å²) in [5.74, 6) is 0.395. The van der Waals surface area contributed by atoms with E-state index in [0.717, 1.165) is 19.6 Å². The number of hydrogen-bond donors (Lipinski definition) is 1. The molecular weight excluding hydrogens is 214 g/mol. The molecule has 0 amide bonds. The summed E-state index contributed by atoms with van der Waals surface area (Å²) in [5.41, 5.74) is 0. The van der Waals surface area contributed by atoms with E-state index in [4.69, 9.17) is 9.84 Å². The van der Waals surface area contributed by atoms with Gasteiger partial charge >= 0.3 is 5.97 Å². The summed E-state index contributed by atoms with van der Waals surface area (Å²) < 4.78 is 5.40. The predicted octanol–water partition coefficient (Wildman–Crippen LogP) is 0.915. The molecule has 1 heterocycles. The first-order valence-corrected chi connectivity index (χ1v) is 6.66. The maximum absolute atomic E-state index is 10.5. The number of morpholine rings is 1. The number of nitrogens with zero attached hydrogens (tertiary/aromatic N) is 1. The minimum absolute atomic E-state index is 0.120. The molecular formula is C10H19NO3S. The van der Waals surface area contributed by atoms with Crippen molar-refractivity contribution in [2.24, 2.45) is 0 Å². The van der Waals surface area contributed by atoms with Crippen molar-refractivity contribution in [2.45, 2.75) is 18.9 Å². The van der Waals surface area contributed by atoms with Gasteiger partial charge in [0, 0.05) is 13.1 Å². The Hall–Kier alpha value is -0.260. The van der Waals surface area contributed by atoms with Crippen LogP contribution < -0.4 is 0 Å². The Kier molecular flexibility index (Phi) is 6.05. The van der Waals surface area contributed by atoms with Crippen molar-refractivity contribution >= 4 is 17.7 Å². The highest BCUT2D eigenvalue weighted by atomic mass is 32.2. The molecule has 1 saturated heterocycles. The zero-order chi connectivity index (χ0) is 11.1. The molecule has 1 atom stereocenters. The molecule has 4 nitrogen and oxygen atoms in total. The van der Waals surface area contributed by atoms with E-state index in [9.17, 15) is 4.79 Å². The Balaban J connectivity index is 2.19. The van der Waals surface area contributed by atoms with E-state index in [1.807, 2.05) is 11.8 Å². The second-order valence-electron chi connectivity index (χ2n) is 3.74. The molecule has 0 spiro atoms. The fourth-order valence-corrected chi connectivity index (χ4v) is 2.15. The maximum Gasteiger partial charge on any atom is 0.306 e. The molecule has 0 aromatic heterocycles. The molecule has 0 saturated carbocycles. The van der Waals surface area contributed by atoms with Gasteiger partial charge < -0.3 is 9.84 Å². The van der Waals surface area contributed by atoms with Crippen molar-refractivity contribution in [2.75, 3.05) is 38.2 Å². The lowest BCUT2D eigenvalue weighted by Gasteiger charge is -2.32.